The van der Waals surface area contributed by atoms with Crippen LogP contribution < -0.4 is 4.02 Å². The molecule has 2 heteroatoms. The number of hydrogen-bond donors (Lipinski definition) is 1. The Morgan fingerprint density at radius 2 is 2.33 bits per heavy atom. The Bertz CT molecular complexity index is 23.0. The summed E-state index contributed by atoms with van der Waals surface area (Å²) in [7, 11) is 0. The van der Waals surface area contributed by atoms with E-state index in [0.717, 1.165) is 0 Å². The summed E-state index contributed by atoms with van der Waals surface area (Å²) in [4.78, 5) is 1.55. The Hall–Kier alpha value is 0.596. The molecule has 1 N–H and O–H groups in total. The zero-order valence-electron chi connectivity index (χ0n) is 3.91. The molecule has 0 aromatic carbocycles. The minimum absolute atomic E-state index is 0.135. The predicted octanol–water partition coefficient (Wildman–Crippen LogP) is 0.407. The average molecular weight is 141 g/mol. The van der Waals surface area contributed by atoms with Crippen molar-refractivity contribution < 1.29 is 0 Å². The van der Waals surface area contributed by atoms with Gasteiger partial charge < -0.3 is 0 Å². The molecule has 6 heavy (non-hydrogen) atoms. The van der Waals surface area contributed by atoms with Crippen LogP contribution in [0.25, 0.3) is 0 Å². The summed E-state index contributed by atoms with van der Waals surface area (Å²) in [5.41, 5.74) is 0. The van der Waals surface area contributed by atoms with E-state index in [0.29, 0.717) is 0 Å². The molecule has 0 amide bonds. The van der Waals surface area contributed by atoms with Gasteiger partial charge in [0.1, 0.15) is 0 Å². The van der Waals surface area contributed by atoms with Crippen LogP contribution in [0, 0.1) is 0 Å². The third kappa shape index (κ3) is 1.37. The summed E-state index contributed by atoms with van der Waals surface area (Å²) in [5.74, 6) is 0. The van der Waals surface area contributed by atoms with Gasteiger partial charge in [-0.1, -0.05) is 0 Å². The zero-order chi connectivity index (χ0) is 4.24. The van der Waals surface area contributed by atoms with Gasteiger partial charge in [-0.25, -0.2) is 0 Å². The van der Waals surface area contributed by atoms with Crippen LogP contribution in [0.4, 0.5) is 0 Å². The molecule has 1 saturated heterocycles. The molecule has 0 saturated carbocycles. The quantitative estimate of drug-likeness (QED) is 0.481. The number of rotatable bonds is 0. The van der Waals surface area contributed by atoms with Crippen LogP contribution in [-0.2, 0) is 0 Å². The Morgan fingerprint density at radius 1 is 1.33 bits per heavy atom. The third-order valence-corrected chi connectivity index (χ3v) is 3.74. The van der Waals surface area contributed by atoms with Gasteiger partial charge in [-0.2, -0.15) is 0 Å². The van der Waals surface area contributed by atoms with Crippen LogP contribution in [0.15, 0.2) is 0 Å². The van der Waals surface area contributed by atoms with Crippen LogP contribution in [0.5, 0.6) is 0 Å². The Kier molecular flexibility index (Phi) is 2.15. The van der Waals surface area contributed by atoms with Crippen molar-refractivity contribution in [2.24, 2.45) is 0 Å². The van der Waals surface area contributed by atoms with E-state index in [-0.39, 0.29) is 17.6 Å². The molecular weight excluding hydrogens is 132 g/mol. The molecule has 1 radical (unpaired) electrons. The van der Waals surface area contributed by atoms with Crippen LogP contribution in [-0.4, -0.2) is 24.2 Å². The molecule has 1 nitrogen and oxygen atoms in total. The van der Waals surface area contributed by atoms with Crippen molar-refractivity contribution >= 4 is 17.6 Å². The van der Waals surface area contributed by atoms with Crippen molar-refractivity contribution in [3.63, 3.8) is 0 Å². The first-order valence-corrected chi connectivity index (χ1v) is 5.47. The first-order valence-electron chi connectivity index (χ1n) is 2.55. The summed E-state index contributed by atoms with van der Waals surface area (Å²) in [5, 5.41) is 0. The minimum atomic E-state index is 0.135. The van der Waals surface area contributed by atoms with Gasteiger partial charge in [0.15, 0.2) is 0 Å². The SMILES string of the molecule is C1C[CH2][Ga][NH]C1. The van der Waals surface area contributed by atoms with Gasteiger partial charge in [-0.3, -0.25) is 0 Å². The van der Waals surface area contributed by atoms with Crippen molar-refractivity contribution in [2.75, 3.05) is 6.54 Å². The standard InChI is InChI=1S/C4H9N.Ga/c1-2-3-4-5;/h5H,1-4H2;/q-1;+1. The fraction of sp³-hybridized carbons (Fsp3) is 1.00. The summed E-state index contributed by atoms with van der Waals surface area (Å²) in [6.45, 7) is 1.32. The maximum absolute atomic E-state index is 3.44. The fourth-order valence-corrected chi connectivity index (χ4v) is 3.00. The topological polar surface area (TPSA) is 12.0 Å². The first-order chi connectivity index (χ1) is 3.00. The zero-order valence-corrected chi connectivity index (χ0v) is 6.33. The molecule has 0 aromatic heterocycles. The van der Waals surface area contributed by atoms with Gasteiger partial charge >= 0.3 is 46.0 Å². The number of hydrogen-bond acceptors (Lipinski definition) is 1. The molecule has 0 unspecified atom stereocenters. The average Bonchev–Trinajstić information content (AvgIpc) is 1.72. The Morgan fingerprint density at radius 3 is 2.50 bits per heavy atom. The maximum atomic E-state index is 3.44. The van der Waals surface area contributed by atoms with E-state index in [1.807, 2.05) is 0 Å². The molecule has 0 spiro atoms. The summed E-state index contributed by atoms with van der Waals surface area (Å²) >= 11 is 0.135. The van der Waals surface area contributed by atoms with Gasteiger partial charge in [0.05, 0.1) is 0 Å². The van der Waals surface area contributed by atoms with E-state index in [9.17, 15) is 0 Å². The van der Waals surface area contributed by atoms with Crippen molar-refractivity contribution in [3.8, 4) is 0 Å². The second-order valence-electron chi connectivity index (χ2n) is 1.65. The van der Waals surface area contributed by atoms with Gasteiger partial charge in [-0.05, 0) is 0 Å². The van der Waals surface area contributed by atoms with Gasteiger partial charge in [0, 0.05) is 0 Å². The normalized spacial score (nSPS) is 22.7. The van der Waals surface area contributed by atoms with E-state index < -0.39 is 0 Å². The van der Waals surface area contributed by atoms with Crippen LogP contribution in [0.3, 0.4) is 0 Å². The summed E-state index contributed by atoms with van der Waals surface area (Å²) in [6, 6.07) is 0. The van der Waals surface area contributed by atoms with E-state index in [1.165, 1.54) is 19.4 Å². The van der Waals surface area contributed by atoms with Crippen LogP contribution in [0.2, 0.25) is 4.98 Å². The Labute approximate surface area is 46.6 Å². The van der Waals surface area contributed by atoms with Crippen molar-refractivity contribution in [3.05, 3.63) is 0 Å². The van der Waals surface area contributed by atoms with Crippen molar-refractivity contribution in [2.45, 2.75) is 17.8 Å². The number of nitrogens with one attached hydrogen (secondary N) is 1. The van der Waals surface area contributed by atoms with E-state index in [4.69, 9.17) is 0 Å². The molecule has 0 aromatic rings. The van der Waals surface area contributed by atoms with E-state index in [1.54, 1.807) is 4.98 Å². The molecule has 1 aliphatic heterocycles. The molecule has 1 rings (SSSR count). The second kappa shape index (κ2) is 2.72. The first kappa shape index (κ1) is 4.75. The molecule has 1 fully saturated rings. The molecule has 33 valence electrons. The van der Waals surface area contributed by atoms with E-state index in [2.05, 4.69) is 4.02 Å². The van der Waals surface area contributed by atoms with E-state index >= 15 is 0 Å². The molecule has 0 atom stereocenters. The summed E-state index contributed by atoms with van der Waals surface area (Å²) < 4.78 is 3.44. The molecule has 0 bridgehead atoms. The summed E-state index contributed by atoms with van der Waals surface area (Å²) in [6.07, 6.45) is 2.93. The molecule has 1 heterocycles. The van der Waals surface area contributed by atoms with Gasteiger partial charge in [0.2, 0.25) is 0 Å². The molecule has 1 aliphatic rings. The van der Waals surface area contributed by atoms with Crippen molar-refractivity contribution in [1.29, 1.82) is 0 Å². The predicted molar refractivity (Wildman–Crippen MR) is 27.8 cm³/mol. The van der Waals surface area contributed by atoms with Crippen molar-refractivity contribution in [1.82, 2.24) is 4.02 Å². The van der Waals surface area contributed by atoms with Crippen LogP contribution >= 0.6 is 0 Å². The third-order valence-electron chi connectivity index (χ3n) is 1.06. The molecule has 0 aliphatic carbocycles. The van der Waals surface area contributed by atoms with Gasteiger partial charge in [-0.15, -0.1) is 0 Å². The second-order valence-corrected chi connectivity index (χ2v) is 4.58. The Balaban J connectivity index is 2.00. The molecular formula is C4H9GaN. The van der Waals surface area contributed by atoms with Crippen LogP contribution in [0.1, 0.15) is 12.8 Å². The monoisotopic (exact) mass is 140 g/mol. The van der Waals surface area contributed by atoms with Gasteiger partial charge in [0.25, 0.3) is 0 Å². The fourth-order valence-electron chi connectivity index (χ4n) is 0.678.